The molecule has 3 aromatic rings. The van der Waals surface area contributed by atoms with Gasteiger partial charge in [-0.3, -0.25) is 14.5 Å². The van der Waals surface area contributed by atoms with Crippen molar-refractivity contribution < 1.29 is 19.1 Å². The number of para-hydroxylation sites is 1. The first-order valence-corrected chi connectivity index (χ1v) is 13.1. The lowest BCUT2D eigenvalue weighted by Crippen LogP contribution is -2.49. The number of carbonyl (C=O) groups is 3. The molecule has 2 N–H and O–H groups in total. The van der Waals surface area contributed by atoms with Crippen molar-refractivity contribution in [3.8, 4) is 5.75 Å². The van der Waals surface area contributed by atoms with Crippen molar-refractivity contribution in [3.05, 3.63) is 102 Å². The summed E-state index contributed by atoms with van der Waals surface area (Å²) in [4.78, 5) is 40.7. The first-order chi connectivity index (χ1) is 18.5. The number of benzene rings is 3. The Hall–Kier alpha value is -4.13. The summed E-state index contributed by atoms with van der Waals surface area (Å²) in [5, 5.41) is 6.03. The topological polar surface area (TPSA) is 87.7 Å². The highest BCUT2D eigenvalue weighted by atomic mass is 16.5. The zero-order valence-electron chi connectivity index (χ0n) is 21.6. The molecule has 0 bridgehead atoms. The van der Waals surface area contributed by atoms with Gasteiger partial charge in [0.05, 0.1) is 12.7 Å². The van der Waals surface area contributed by atoms with Crippen LogP contribution in [0.5, 0.6) is 5.75 Å². The molecule has 7 nitrogen and oxygen atoms in total. The van der Waals surface area contributed by atoms with E-state index in [0.29, 0.717) is 37.1 Å². The largest absolute Gasteiger partial charge is 0.496 e. The van der Waals surface area contributed by atoms with E-state index in [1.165, 1.54) is 4.90 Å². The first kappa shape index (κ1) is 25.5. The van der Waals surface area contributed by atoms with Gasteiger partial charge < -0.3 is 15.4 Å². The van der Waals surface area contributed by atoms with Crippen LogP contribution in [0.2, 0.25) is 0 Å². The van der Waals surface area contributed by atoms with E-state index in [4.69, 9.17) is 4.74 Å². The number of amides is 4. The van der Waals surface area contributed by atoms with Gasteiger partial charge in [-0.15, -0.1) is 0 Å². The highest BCUT2D eigenvalue weighted by molar-refractivity contribution is 6.04. The van der Waals surface area contributed by atoms with Crippen LogP contribution in [0.25, 0.3) is 0 Å². The van der Waals surface area contributed by atoms with Crippen molar-refractivity contribution in [2.45, 2.75) is 49.6 Å². The molecule has 38 heavy (non-hydrogen) atoms. The summed E-state index contributed by atoms with van der Waals surface area (Å²) < 4.78 is 5.37. The highest BCUT2D eigenvalue weighted by Gasteiger charge is 2.46. The van der Waals surface area contributed by atoms with Gasteiger partial charge in [0.2, 0.25) is 0 Å². The molecule has 2 aliphatic rings. The molecule has 5 rings (SSSR count). The molecule has 4 amide bonds. The van der Waals surface area contributed by atoms with Crippen LogP contribution in [0.4, 0.5) is 4.79 Å². The van der Waals surface area contributed by atoms with E-state index in [9.17, 15) is 14.4 Å². The Labute approximate surface area is 223 Å². The van der Waals surface area contributed by atoms with Crippen molar-refractivity contribution in [2.24, 2.45) is 0 Å². The smallest absolute Gasteiger partial charge is 0.325 e. The number of carbonyl (C=O) groups excluding carboxylic acids is 3. The lowest BCUT2D eigenvalue weighted by Gasteiger charge is -2.42. The number of methoxy groups -OCH3 is 1. The standard InChI is InChI=1S/C31H33N3O4/c1-38-27-15-9-8-14-25(27)28(35)32-21-31(23-12-6-3-7-13-23)18-16-24(17-19-31)34-29(36)26(33-30(34)37)20-22-10-4-2-5-11-22/h2-15,24,26H,16-21H2,1H3,(H,32,35)(H,33,37)/t24-,26-,31-/m0/s1. The number of ether oxygens (including phenoxy) is 1. The minimum Gasteiger partial charge on any atom is -0.496 e. The molecular weight excluding hydrogens is 478 g/mol. The Bertz CT molecular complexity index is 1290. The molecule has 196 valence electrons. The van der Waals surface area contributed by atoms with Crippen molar-refractivity contribution in [2.75, 3.05) is 13.7 Å². The zero-order chi connectivity index (χ0) is 26.5. The van der Waals surface area contributed by atoms with Crippen molar-refractivity contribution in [3.63, 3.8) is 0 Å². The normalized spacial score (nSPS) is 23.1. The van der Waals surface area contributed by atoms with E-state index in [-0.39, 0.29) is 29.3 Å². The Morgan fingerprint density at radius 2 is 1.58 bits per heavy atom. The maximum Gasteiger partial charge on any atom is 0.325 e. The van der Waals surface area contributed by atoms with Gasteiger partial charge in [-0.25, -0.2) is 4.79 Å². The number of rotatable bonds is 8. The maximum atomic E-state index is 13.3. The molecule has 1 aliphatic heterocycles. The number of nitrogens with zero attached hydrogens (tertiary/aromatic N) is 1. The summed E-state index contributed by atoms with van der Waals surface area (Å²) in [6.45, 7) is 0.456. The van der Waals surface area contributed by atoms with Crippen molar-refractivity contribution >= 4 is 17.8 Å². The van der Waals surface area contributed by atoms with E-state index in [0.717, 1.165) is 24.0 Å². The molecule has 7 heteroatoms. The lowest BCUT2D eigenvalue weighted by atomic mass is 9.67. The highest BCUT2D eigenvalue weighted by Crippen LogP contribution is 2.41. The summed E-state index contributed by atoms with van der Waals surface area (Å²) in [6.07, 6.45) is 3.33. The predicted octanol–water partition coefficient (Wildman–Crippen LogP) is 4.47. The number of urea groups is 1. The third kappa shape index (κ3) is 5.14. The van der Waals surface area contributed by atoms with Crippen LogP contribution in [0.1, 0.15) is 47.2 Å². The van der Waals surface area contributed by atoms with Gasteiger partial charge in [0.1, 0.15) is 11.8 Å². The summed E-state index contributed by atoms with van der Waals surface area (Å²) in [5.41, 5.74) is 2.37. The van der Waals surface area contributed by atoms with Gasteiger partial charge in [-0.2, -0.15) is 0 Å². The van der Waals surface area contributed by atoms with Gasteiger partial charge in [-0.05, 0) is 48.9 Å². The fraction of sp³-hybridized carbons (Fsp3) is 0.323. The Balaban J connectivity index is 1.29. The summed E-state index contributed by atoms with van der Waals surface area (Å²) in [6, 6.07) is 26.1. The van der Waals surface area contributed by atoms with Crippen LogP contribution >= 0.6 is 0 Å². The van der Waals surface area contributed by atoms with Crippen molar-refractivity contribution in [1.82, 2.24) is 15.5 Å². The van der Waals surface area contributed by atoms with Crippen molar-refractivity contribution in [1.29, 1.82) is 0 Å². The van der Waals surface area contributed by atoms with E-state index < -0.39 is 6.04 Å². The molecule has 1 saturated carbocycles. The van der Waals surface area contributed by atoms with Gasteiger partial charge in [0.15, 0.2) is 0 Å². The summed E-state index contributed by atoms with van der Waals surface area (Å²) in [7, 11) is 1.55. The molecule has 0 aromatic heterocycles. The number of hydrogen-bond acceptors (Lipinski definition) is 4. The molecule has 0 unspecified atom stereocenters. The predicted molar refractivity (Wildman–Crippen MR) is 145 cm³/mol. The molecule has 1 saturated heterocycles. The number of nitrogens with one attached hydrogen (secondary N) is 2. The molecule has 1 aliphatic carbocycles. The average molecular weight is 512 g/mol. The first-order valence-electron chi connectivity index (χ1n) is 13.1. The number of imide groups is 1. The Morgan fingerprint density at radius 1 is 0.947 bits per heavy atom. The maximum absolute atomic E-state index is 13.3. The Morgan fingerprint density at radius 3 is 2.26 bits per heavy atom. The van der Waals surface area contributed by atoms with E-state index in [1.54, 1.807) is 19.2 Å². The van der Waals surface area contributed by atoms with Crippen LogP contribution < -0.4 is 15.4 Å². The third-order valence-electron chi connectivity index (χ3n) is 7.94. The van der Waals surface area contributed by atoms with E-state index in [1.807, 2.05) is 60.7 Å². The van der Waals surface area contributed by atoms with Crippen LogP contribution in [0, 0.1) is 0 Å². The average Bonchev–Trinajstić information content (AvgIpc) is 3.25. The SMILES string of the molecule is COc1ccccc1C(=O)NC[C@]1(c2ccccc2)CC[C@H](N2C(=O)N[C@@H](Cc3ccccc3)C2=O)CC1. The molecular formula is C31H33N3O4. The second kappa shape index (κ2) is 11.1. The monoisotopic (exact) mass is 511 g/mol. The van der Waals surface area contributed by atoms with Crippen LogP contribution in [0.15, 0.2) is 84.9 Å². The number of hydrogen-bond donors (Lipinski definition) is 2. The van der Waals surface area contributed by atoms with Gasteiger partial charge in [0, 0.05) is 24.4 Å². The van der Waals surface area contributed by atoms with E-state index in [2.05, 4.69) is 22.8 Å². The minimum atomic E-state index is -0.536. The molecule has 2 fully saturated rings. The van der Waals surface area contributed by atoms with Gasteiger partial charge in [0.25, 0.3) is 11.8 Å². The Kier molecular flexibility index (Phi) is 7.45. The second-order valence-corrected chi connectivity index (χ2v) is 10.2. The second-order valence-electron chi connectivity index (χ2n) is 10.2. The van der Waals surface area contributed by atoms with Gasteiger partial charge >= 0.3 is 6.03 Å². The molecule has 0 radical (unpaired) electrons. The molecule has 3 aromatic carbocycles. The van der Waals surface area contributed by atoms with Crippen LogP contribution in [0.3, 0.4) is 0 Å². The van der Waals surface area contributed by atoms with E-state index >= 15 is 0 Å². The minimum absolute atomic E-state index is 0.152. The zero-order valence-corrected chi connectivity index (χ0v) is 21.6. The molecule has 1 heterocycles. The molecule has 1 atom stereocenters. The lowest BCUT2D eigenvalue weighted by molar-refractivity contribution is -0.129. The summed E-state index contributed by atoms with van der Waals surface area (Å²) >= 11 is 0. The van der Waals surface area contributed by atoms with Crippen LogP contribution in [-0.4, -0.2) is 48.5 Å². The van der Waals surface area contributed by atoms with Crippen LogP contribution in [-0.2, 0) is 16.6 Å². The summed E-state index contributed by atoms with van der Waals surface area (Å²) in [5.74, 6) is 0.198. The fourth-order valence-corrected chi connectivity index (χ4v) is 5.83. The quantitative estimate of drug-likeness (QED) is 0.437. The van der Waals surface area contributed by atoms with Gasteiger partial charge in [-0.1, -0.05) is 72.8 Å². The molecule has 0 spiro atoms. The fourth-order valence-electron chi connectivity index (χ4n) is 5.83. The third-order valence-corrected chi connectivity index (χ3v) is 7.94.